The van der Waals surface area contributed by atoms with E-state index in [0.717, 1.165) is 24.4 Å². The Labute approximate surface area is 157 Å². The van der Waals surface area contributed by atoms with Crippen LogP contribution in [0.15, 0.2) is 36.5 Å². The number of benzene rings is 1. The first kappa shape index (κ1) is 19.7. The number of nitrogens with one attached hydrogen (secondary N) is 1. The van der Waals surface area contributed by atoms with Crippen LogP contribution in [0.25, 0.3) is 16.9 Å². The normalized spacial score (nSPS) is 12.9. The van der Waals surface area contributed by atoms with Crippen LogP contribution in [-0.2, 0) is 10.9 Å². The first-order valence-corrected chi connectivity index (χ1v) is 8.22. The average molecular weight is 396 g/mol. The second-order valence-corrected chi connectivity index (χ2v) is 6.15. The van der Waals surface area contributed by atoms with Crippen molar-refractivity contribution in [3.8, 4) is 11.3 Å². The summed E-state index contributed by atoms with van der Waals surface area (Å²) < 4.78 is 59.3. The summed E-state index contributed by atoms with van der Waals surface area (Å²) in [6.07, 6.45) is -3.71. The summed E-state index contributed by atoms with van der Waals surface area (Å²) in [7, 11) is 1.46. The Morgan fingerprint density at radius 2 is 1.96 bits per heavy atom. The number of rotatable bonds is 5. The molecule has 1 atom stereocenters. The van der Waals surface area contributed by atoms with Crippen LogP contribution in [0.2, 0.25) is 0 Å². The number of amides is 1. The van der Waals surface area contributed by atoms with E-state index < -0.39 is 23.6 Å². The smallest absolute Gasteiger partial charge is 0.383 e. The van der Waals surface area contributed by atoms with Crippen molar-refractivity contribution in [1.29, 1.82) is 0 Å². The molecule has 3 aromatic rings. The van der Waals surface area contributed by atoms with Crippen molar-refractivity contribution in [1.82, 2.24) is 19.9 Å². The Hall–Kier alpha value is -3.01. The van der Waals surface area contributed by atoms with Crippen molar-refractivity contribution >= 4 is 11.6 Å². The first-order chi connectivity index (χ1) is 13.2. The molecule has 1 amide bonds. The summed E-state index contributed by atoms with van der Waals surface area (Å²) >= 11 is 0. The molecular weight excluding hydrogens is 380 g/mol. The van der Waals surface area contributed by atoms with Crippen LogP contribution in [0.1, 0.15) is 23.0 Å². The predicted molar refractivity (Wildman–Crippen MR) is 92.2 cm³/mol. The predicted octanol–water partition coefficient (Wildman–Crippen LogP) is 3.32. The molecule has 28 heavy (non-hydrogen) atoms. The van der Waals surface area contributed by atoms with Gasteiger partial charge in [-0.2, -0.15) is 18.3 Å². The Bertz CT molecular complexity index is 999. The van der Waals surface area contributed by atoms with Gasteiger partial charge in [0.25, 0.3) is 5.91 Å². The van der Waals surface area contributed by atoms with Gasteiger partial charge in [0.2, 0.25) is 0 Å². The molecule has 148 valence electrons. The second-order valence-electron chi connectivity index (χ2n) is 6.15. The molecule has 0 aliphatic heterocycles. The van der Waals surface area contributed by atoms with E-state index in [2.05, 4.69) is 15.4 Å². The van der Waals surface area contributed by atoms with Crippen molar-refractivity contribution in [3.63, 3.8) is 0 Å². The summed E-state index contributed by atoms with van der Waals surface area (Å²) in [5, 5.41) is 6.30. The lowest BCUT2D eigenvalue weighted by Crippen LogP contribution is -2.35. The van der Waals surface area contributed by atoms with Gasteiger partial charge in [0, 0.05) is 18.7 Å². The molecule has 1 N–H and O–H groups in total. The minimum absolute atomic E-state index is 0.0562. The van der Waals surface area contributed by atoms with Gasteiger partial charge >= 0.3 is 6.18 Å². The number of ether oxygens (including phenoxy) is 1. The molecule has 0 unspecified atom stereocenters. The molecule has 0 aliphatic carbocycles. The summed E-state index contributed by atoms with van der Waals surface area (Å²) in [6, 6.07) is 5.30. The van der Waals surface area contributed by atoms with Crippen LogP contribution in [0, 0.1) is 5.82 Å². The van der Waals surface area contributed by atoms with E-state index in [1.807, 2.05) is 0 Å². The van der Waals surface area contributed by atoms with Gasteiger partial charge in [-0.1, -0.05) is 0 Å². The van der Waals surface area contributed by atoms with Crippen LogP contribution < -0.4 is 5.32 Å². The molecule has 1 aromatic carbocycles. The van der Waals surface area contributed by atoms with E-state index in [1.54, 1.807) is 6.92 Å². The van der Waals surface area contributed by atoms with Gasteiger partial charge in [0.15, 0.2) is 11.3 Å². The first-order valence-electron chi connectivity index (χ1n) is 8.22. The van der Waals surface area contributed by atoms with Crippen LogP contribution in [-0.4, -0.2) is 40.3 Å². The highest BCUT2D eigenvalue weighted by molar-refractivity contribution is 6.00. The number of hydrogen-bond acceptors (Lipinski definition) is 4. The maximum absolute atomic E-state index is 13.5. The van der Waals surface area contributed by atoms with Crippen LogP contribution in [0.4, 0.5) is 17.6 Å². The largest absolute Gasteiger partial charge is 0.433 e. The van der Waals surface area contributed by atoms with E-state index in [-0.39, 0.29) is 35.1 Å². The standard InChI is InChI=1S/C18H16F4N4O2/c1-10(9-28-2)24-17(27)13-8-23-26-15(18(20,21)22)7-14(25-16(13)26)11-3-5-12(19)6-4-11/h3-8,10H,9H2,1-2H3,(H,24,27)/t10-/m1/s1. The molecule has 2 heterocycles. The number of hydrogen-bond donors (Lipinski definition) is 1. The van der Waals surface area contributed by atoms with Gasteiger partial charge in [-0.25, -0.2) is 13.9 Å². The minimum atomic E-state index is -4.74. The number of aromatic nitrogens is 3. The van der Waals surface area contributed by atoms with Crippen molar-refractivity contribution in [2.45, 2.75) is 19.1 Å². The van der Waals surface area contributed by atoms with Gasteiger partial charge in [0.1, 0.15) is 11.4 Å². The topological polar surface area (TPSA) is 68.5 Å². The van der Waals surface area contributed by atoms with Gasteiger partial charge in [0.05, 0.1) is 18.5 Å². The molecule has 0 fully saturated rings. The van der Waals surface area contributed by atoms with E-state index in [9.17, 15) is 22.4 Å². The third-order valence-corrected chi connectivity index (χ3v) is 3.94. The quantitative estimate of drug-likeness (QED) is 0.672. The van der Waals surface area contributed by atoms with E-state index >= 15 is 0 Å². The number of alkyl halides is 3. The van der Waals surface area contributed by atoms with Gasteiger partial charge < -0.3 is 10.1 Å². The minimum Gasteiger partial charge on any atom is -0.383 e. The fraction of sp³-hybridized carbons (Fsp3) is 0.278. The van der Waals surface area contributed by atoms with Gasteiger partial charge in [-0.15, -0.1) is 0 Å². The van der Waals surface area contributed by atoms with E-state index in [0.29, 0.717) is 4.52 Å². The molecule has 0 bridgehead atoms. The maximum atomic E-state index is 13.5. The lowest BCUT2D eigenvalue weighted by atomic mass is 10.1. The van der Waals surface area contributed by atoms with Gasteiger partial charge in [-0.3, -0.25) is 4.79 Å². The molecule has 2 aromatic heterocycles. The zero-order valence-corrected chi connectivity index (χ0v) is 14.9. The number of methoxy groups -OCH3 is 1. The molecule has 0 saturated heterocycles. The number of halogens is 4. The molecule has 0 spiro atoms. The number of carbonyl (C=O) groups excluding carboxylic acids is 1. The molecular formula is C18H16F4N4O2. The summed E-state index contributed by atoms with van der Waals surface area (Å²) in [5.41, 5.74) is -1.25. The third-order valence-electron chi connectivity index (χ3n) is 3.94. The molecule has 10 heteroatoms. The zero-order chi connectivity index (χ0) is 20.5. The molecule has 0 radical (unpaired) electrons. The fourth-order valence-electron chi connectivity index (χ4n) is 2.69. The third kappa shape index (κ3) is 3.96. The van der Waals surface area contributed by atoms with Crippen LogP contribution >= 0.6 is 0 Å². The Morgan fingerprint density at radius 1 is 1.29 bits per heavy atom. The fourth-order valence-corrected chi connectivity index (χ4v) is 2.69. The Kier molecular flexibility index (Phi) is 5.32. The summed E-state index contributed by atoms with van der Waals surface area (Å²) in [4.78, 5) is 16.6. The monoisotopic (exact) mass is 396 g/mol. The average Bonchev–Trinajstić information content (AvgIpc) is 3.04. The van der Waals surface area contributed by atoms with Crippen molar-refractivity contribution < 1.29 is 27.1 Å². The maximum Gasteiger partial charge on any atom is 0.433 e. The molecule has 0 aliphatic rings. The summed E-state index contributed by atoms with van der Waals surface area (Å²) in [6.45, 7) is 1.92. The van der Waals surface area contributed by atoms with Crippen molar-refractivity contribution in [2.75, 3.05) is 13.7 Å². The van der Waals surface area contributed by atoms with Crippen LogP contribution in [0.3, 0.4) is 0 Å². The zero-order valence-electron chi connectivity index (χ0n) is 14.9. The van der Waals surface area contributed by atoms with Gasteiger partial charge in [-0.05, 0) is 37.3 Å². The van der Waals surface area contributed by atoms with E-state index in [4.69, 9.17) is 4.74 Å². The number of nitrogens with zero attached hydrogens (tertiary/aromatic N) is 3. The lowest BCUT2D eigenvalue weighted by molar-refractivity contribution is -0.142. The Balaban J connectivity index is 2.14. The molecule has 0 saturated carbocycles. The molecule has 6 nitrogen and oxygen atoms in total. The highest BCUT2D eigenvalue weighted by atomic mass is 19.4. The molecule has 3 rings (SSSR count). The number of fused-ring (bicyclic) bond motifs is 1. The summed E-state index contributed by atoms with van der Waals surface area (Å²) in [5.74, 6) is -1.16. The van der Waals surface area contributed by atoms with E-state index in [1.165, 1.54) is 19.2 Å². The highest BCUT2D eigenvalue weighted by Gasteiger charge is 2.36. The SMILES string of the molecule is COC[C@@H](C)NC(=O)c1cnn2c(C(F)(F)F)cc(-c3ccc(F)cc3)nc12. The van der Waals surface area contributed by atoms with Crippen molar-refractivity contribution in [3.05, 3.63) is 53.6 Å². The highest BCUT2D eigenvalue weighted by Crippen LogP contribution is 2.32. The Morgan fingerprint density at radius 3 is 2.57 bits per heavy atom. The second kappa shape index (κ2) is 7.55. The van der Waals surface area contributed by atoms with Crippen LogP contribution in [0.5, 0.6) is 0 Å². The lowest BCUT2D eigenvalue weighted by Gasteiger charge is -2.13. The number of carbonyl (C=O) groups is 1. The van der Waals surface area contributed by atoms with Crippen molar-refractivity contribution in [2.24, 2.45) is 0 Å².